The molecule has 0 spiro atoms. The standard InChI is InChI=1S/C20H16ClNO/c21-18-11-12-20(23-15-16-7-3-1-4-8-16)17(13-18)14-22-19-9-5-2-6-10-19/h1-14H,15H2. The van der Waals surface area contributed by atoms with E-state index in [4.69, 9.17) is 16.3 Å². The van der Waals surface area contributed by atoms with Crippen LogP contribution in [0, 0.1) is 0 Å². The Morgan fingerprint density at radius 3 is 2.30 bits per heavy atom. The van der Waals surface area contributed by atoms with Gasteiger partial charge in [0.15, 0.2) is 0 Å². The van der Waals surface area contributed by atoms with E-state index < -0.39 is 0 Å². The zero-order chi connectivity index (χ0) is 15.9. The van der Waals surface area contributed by atoms with Gasteiger partial charge in [0.25, 0.3) is 0 Å². The monoisotopic (exact) mass is 321 g/mol. The van der Waals surface area contributed by atoms with Crippen LogP contribution >= 0.6 is 11.6 Å². The Morgan fingerprint density at radius 1 is 0.870 bits per heavy atom. The molecule has 0 aliphatic rings. The molecule has 0 amide bonds. The highest BCUT2D eigenvalue weighted by molar-refractivity contribution is 6.30. The summed E-state index contributed by atoms with van der Waals surface area (Å²) in [4.78, 5) is 4.47. The van der Waals surface area contributed by atoms with Gasteiger partial charge in [-0.25, -0.2) is 0 Å². The summed E-state index contributed by atoms with van der Waals surface area (Å²) in [5.41, 5.74) is 2.87. The number of aliphatic imine (C=N–C) groups is 1. The maximum atomic E-state index is 6.10. The van der Waals surface area contributed by atoms with E-state index in [1.54, 1.807) is 6.21 Å². The molecular formula is C20H16ClNO. The first kappa shape index (κ1) is 15.3. The Hall–Kier alpha value is -2.58. The number of para-hydroxylation sites is 1. The largest absolute Gasteiger partial charge is 0.488 e. The van der Waals surface area contributed by atoms with Gasteiger partial charge in [0.2, 0.25) is 0 Å². The normalized spacial score (nSPS) is 10.8. The van der Waals surface area contributed by atoms with Crippen LogP contribution < -0.4 is 4.74 Å². The van der Waals surface area contributed by atoms with E-state index in [1.165, 1.54) is 0 Å². The number of rotatable bonds is 5. The topological polar surface area (TPSA) is 21.6 Å². The second-order valence-electron chi connectivity index (χ2n) is 5.05. The van der Waals surface area contributed by atoms with Crippen LogP contribution in [0.5, 0.6) is 5.75 Å². The van der Waals surface area contributed by atoms with Crippen molar-refractivity contribution in [3.63, 3.8) is 0 Å². The van der Waals surface area contributed by atoms with Crippen LogP contribution in [0.2, 0.25) is 5.02 Å². The molecule has 0 fully saturated rings. The summed E-state index contributed by atoms with van der Waals surface area (Å²) in [5, 5.41) is 0.659. The van der Waals surface area contributed by atoms with Gasteiger partial charge in [0.05, 0.1) is 5.69 Å². The van der Waals surface area contributed by atoms with E-state index in [2.05, 4.69) is 4.99 Å². The molecule has 0 aromatic heterocycles. The molecule has 3 aromatic rings. The third-order valence-corrected chi connectivity index (χ3v) is 3.55. The molecule has 0 aliphatic heterocycles. The van der Waals surface area contributed by atoms with Crippen molar-refractivity contribution < 1.29 is 4.74 Å². The second-order valence-corrected chi connectivity index (χ2v) is 5.49. The van der Waals surface area contributed by atoms with Gasteiger partial charge in [-0.2, -0.15) is 0 Å². The van der Waals surface area contributed by atoms with Crippen molar-refractivity contribution in [2.24, 2.45) is 4.99 Å². The van der Waals surface area contributed by atoms with Gasteiger partial charge in [-0.3, -0.25) is 4.99 Å². The smallest absolute Gasteiger partial charge is 0.128 e. The summed E-state index contributed by atoms with van der Waals surface area (Å²) in [5.74, 6) is 0.762. The Morgan fingerprint density at radius 2 is 1.57 bits per heavy atom. The Kier molecular flexibility index (Phi) is 5.07. The molecular weight excluding hydrogens is 306 g/mol. The van der Waals surface area contributed by atoms with Crippen molar-refractivity contribution in [2.75, 3.05) is 0 Å². The van der Waals surface area contributed by atoms with Gasteiger partial charge in [-0.1, -0.05) is 60.1 Å². The third-order valence-electron chi connectivity index (χ3n) is 3.32. The van der Waals surface area contributed by atoms with E-state index in [0.717, 1.165) is 22.6 Å². The number of ether oxygens (including phenoxy) is 1. The van der Waals surface area contributed by atoms with Gasteiger partial charge in [0.1, 0.15) is 12.4 Å². The zero-order valence-electron chi connectivity index (χ0n) is 12.5. The van der Waals surface area contributed by atoms with Gasteiger partial charge in [0, 0.05) is 16.8 Å². The van der Waals surface area contributed by atoms with Crippen LogP contribution in [-0.4, -0.2) is 6.21 Å². The molecule has 0 heterocycles. The Balaban J connectivity index is 1.79. The molecule has 0 bridgehead atoms. The van der Waals surface area contributed by atoms with Crippen molar-refractivity contribution in [1.82, 2.24) is 0 Å². The van der Waals surface area contributed by atoms with E-state index in [9.17, 15) is 0 Å². The average Bonchev–Trinajstić information content (AvgIpc) is 2.61. The van der Waals surface area contributed by atoms with Gasteiger partial charge < -0.3 is 4.74 Å². The lowest BCUT2D eigenvalue weighted by atomic mass is 10.2. The fraction of sp³-hybridized carbons (Fsp3) is 0.0500. The van der Waals surface area contributed by atoms with Gasteiger partial charge in [-0.05, 0) is 35.9 Å². The minimum Gasteiger partial charge on any atom is -0.488 e. The van der Waals surface area contributed by atoms with Crippen LogP contribution in [-0.2, 0) is 6.61 Å². The summed E-state index contributed by atoms with van der Waals surface area (Å²) in [6.07, 6.45) is 1.78. The summed E-state index contributed by atoms with van der Waals surface area (Å²) in [6, 6.07) is 25.4. The van der Waals surface area contributed by atoms with Crippen molar-refractivity contribution in [3.8, 4) is 5.75 Å². The highest BCUT2D eigenvalue weighted by atomic mass is 35.5. The maximum Gasteiger partial charge on any atom is 0.128 e. The van der Waals surface area contributed by atoms with Crippen LogP contribution in [0.4, 0.5) is 5.69 Å². The number of halogens is 1. The molecule has 114 valence electrons. The number of hydrogen-bond acceptors (Lipinski definition) is 2. The molecule has 23 heavy (non-hydrogen) atoms. The van der Waals surface area contributed by atoms with Gasteiger partial charge >= 0.3 is 0 Å². The van der Waals surface area contributed by atoms with Crippen LogP contribution in [0.3, 0.4) is 0 Å². The lowest BCUT2D eigenvalue weighted by molar-refractivity contribution is 0.306. The fourth-order valence-electron chi connectivity index (χ4n) is 2.15. The molecule has 0 aliphatic carbocycles. The summed E-state index contributed by atoms with van der Waals surface area (Å²) < 4.78 is 5.92. The van der Waals surface area contributed by atoms with E-state index in [1.807, 2.05) is 78.9 Å². The van der Waals surface area contributed by atoms with E-state index in [-0.39, 0.29) is 0 Å². The van der Waals surface area contributed by atoms with Gasteiger partial charge in [-0.15, -0.1) is 0 Å². The van der Waals surface area contributed by atoms with Crippen molar-refractivity contribution >= 4 is 23.5 Å². The molecule has 3 aromatic carbocycles. The first-order valence-corrected chi connectivity index (χ1v) is 7.74. The molecule has 0 saturated heterocycles. The number of benzene rings is 3. The minimum absolute atomic E-state index is 0.509. The lowest BCUT2D eigenvalue weighted by Gasteiger charge is -2.09. The predicted octanol–water partition coefficient (Wildman–Crippen LogP) is 5.67. The molecule has 0 unspecified atom stereocenters. The summed E-state index contributed by atoms with van der Waals surface area (Å²) in [7, 11) is 0. The maximum absolute atomic E-state index is 6.10. The first-order chi connectivity index (χ1) is 11.3. The molecule has 0 N–H and O–H groups in total. The lowest BCUT2D eigenvalue weighted by Crippen LogP contribution is -1.98. The summed E-state index contributed by atoms with van der Waals surface area (Å²) >= 11 is 6.10. The Labute approximate surface area is 141 Å². The SMILES string of the molecule is Clc1ccc(OCc2ccccc2)c(C=Nc2ccccc2)c1. The van der Waals surface area contributed by atoms with E-state index in [0.29, 0.717) is 11.6 Å². The highest BCUT2D eigenvalue weighted by Crippen LogP contribution is 2.23. The van der Waals surface area contributed by atoms with Crippen LogP contribution in [0.1, 0.15) is 11.1 Å². The van der Waals surface area contributed by atoms with Crippen LogP contribution in [0.25, 0.3) is 0 Å². The molecule has 0 saturated carbocycles. The second kappa shape index (κ2) is 7.61. The number of hydrogen-bond donors (Lipinski definition) is 0. The average molecular weight is 322 g/mol. The van der Waals surface area contributed by atoms with E-state index >= 15 is 0 Å². The fourth-order valence-corrected chi connectivity index (χ4v) is 2.33. The van der Waals surface area contributed by atoms with Crippen molar-refractivity contribution in [2.45, 2.75) is 6.61 Å². The quantitative estimate of drug-likeness (QED) is 0.555. The Bertz CT molecular complexity index is 785. The predicted molar refractivity (Wildman–Crippen MR) is 95.9 cm³/mol. The molecule has 3 rings (SSSR count). The van der Waals surface area contributed by atoms with Crippen molar-refractivity contribution in [1.29, 1.82) is 0 Å². The van der Waals surface area contributed by atoms with Crippen LogP contribution in [0.15, 0.2) is 83.9 Å². The number of nitrogens with zero attached hydrogens (tertiary/aromatic N) is 1. The molecule has 0 atom stereocenters. The zero-order valence-corrected chi connectivity index (χ0v) is 13.3. The minimum atomic E-state index is 0.509. The highest BCUT2D eigenvalue weighted by Gasteiger charge is 2.03. The first-order valence-electron chi connectivity index (χ1n) is 7.37. The molecule has 2 nitrogen and oxygen atoms in total. The third kappa shape index (κ3) is 4.44. The van der Waals surface area contributed by atoms with Crippen molar-refractivity contribution in [3.05, 3.63) is 95.0 Å². The summed E-state index contributed by atoms with van der Waals surface area (Å²) in [6.45, 7) is 0.509. The molecule has 0 radical (unpaired) electrons. The molecule has 3 heteroatoms.